The number of halogens is 1. The number of hydrogen-bond acceptors (Lipinski definition) is 4. The van der Waals surface area contributed by atoms with Crippen LogP contribution in [-0.2, 0) is 7.05 Å². The van der Waals surface area contributed by atoms with Gasteiger partial charge in [-0.1, -0.05) is 6.42 Å². The van der Waals surface area contributed by atoms with Crippen LogP contribution in [0, 0.1) is 5.82 Å². The Balaban J connectivity index is 2.15. The van der Waals surface area contributed by atoms with E-state index in [1.807, 2.05) is 4.31 Å². The molecule has 0 bridgehead atoms. The minimum atomic E-state index is -0.472. The Morgan fingerprint density at radius 3 is 3.00 bits per heavy atom. The van der Waals surface area contributed by atoms with Gasteiger partial charge in [-0.05, 0) is 24.8 Å². The van der Waals surface area contributed by atoms with Crippen LogP contribution in [0.4, 0.5) is 4.39 Å². The summed E-state index contributed by atoms with van der Waals surface area (Å²) in [6.45, 7) is 0.919. The Labute approximate surface area is 110 Å². The average molecular weight is 272 g/mol. The molecule has 1 aliphatic heterocycles. The molecular formula is C12H17FN2O2S. The van der Waals surface area contributed by atoms with Crippen molar-refractivity contribution in [3.63, 3.8) is 0 Å². The molecule has 2 rings (SSSR count). The molecule has 1 aromatic rings. The maximum absolute atomic E-state index is 13.9. The Hall–Kier alpha value is -0.850. The molecule has 0 saturated carbocycles. The van der Waals surface area contributed by atoms with Crippen LogP contribution in [0.2, 0.25) is 0 Å². The fourth-order valence-electron chi connectivity index (χ4n) is 2.18. The molecule has 0 spiro atoms. The molecule has 18 heavy (non-hydrogen) atoms. The highest BCUT2D eigenvalue weighted by Crippen LogP contribution is 2.32. The fraction of sp³-hybridized carbons (Fsp3) is 0.583. The molecule has 1 aromatic heterocycles. The summed E-state index contributed by atoms with van der Waals surface area (Å²) in [6.07, 6.45) is 5.22. The van der Waals surface area contributed by atoms with Crippen molar-refractivity contribution in [2.45, 2.75) is 30.2 Å². The van der Waals surface area contributed by atoms with E-state index in [1.165, 1.54) is 16.5 Å². The summed E-state index contributed by atoms with van der Waals surface area (Å²) in [6, 6.07) is 0.0723. The predicted molar refractivity (Wildman–Crippen MR) is 68.0 cm³/mol. The van der Waals surface area contributed by atoms with Crippen molar-refractivity contribution in [2.24, 2.45) is 7.05 Å². The lowest BCUT2D eigenvalue weighted by Gasteiger charge is -2.32. The third kappa shape index (κ3) is 2.60. The van der Waals surface area contributed by atoms with E-state index in [0.29, 0.717) is 11.2 Å². The molecule has 0 amide bonds. The van der Waals surface area contributed by atoms with Gasteiger partial charge in [0, 0.05) is 25.8 Å². The molecule has 1 aliphatic rings. The summed E-state index contributed by atoms with van der Waals surface area (Å²) >= 11 is 1.29. The van der Waals surface area contributed by atoms with Crippen LogP contribution >= 0.6 is 11.9 Å². The van der Waals surface area contributed by atoms with Gasteiger partial charge < -0.3 is 9.67 Å². The lowest BCUT2D eigenvalue weighted by atomic mass is 10.1. The number of aliphatic hydroxyl groups is 1. The molecule has 1 atom stereocenters. The van der Waals surface area contributed by atoms with E-state index in [1.54, 1.807) is 13.2 Å². The van der Waals surface area contributed by atoms with Gasteiger partial charge in [0.15, 0.2) is 12.1 Å². The maximum atomic E-state index is 13.9. The highest BCUT2D eigenvalue weighted by Gasteiger charge is 2.25. The summed E-state index contributed by atoms with van der Waals surface area (Å²) < 4.78 is 17.4. The number of aliphatic hydroxyl groups excluding tert-OH is 1. The Kier molecular flexibility index (Phi) is 4.42. The van der Waals surface area contributed by atoms with E-state index in [9.17, 15) is 14.3 Å². The average Bonchev–Trinajstić information content (AvgIpc) is 2.65. The van der Waals surface area contributed by atoms with E-state index >= 15 is 0 Å². The van der Waals surface area contributed by atoms with Crippen LogP contribution in [0.3, 0.4) is 0 Å². The van der Waals surface area contributed by atoms with E-state index < -0.39 is 5.82 Å². The molecule has 6 heteroatoms. The number of nitrogens with zero attached hydrogens (tertiary/aromatic N) is 2. The minimum Gasteiger partial charge on any atom is -0.395 e. The molecule has 0 aromatic carbocycles. The number of carbonyl (C=O) groups is 1. The SMILES string of the molecule is Cn1cc(SN2CCCCC2CO)c(F)c1C=O. The zero-order valence-electron chi connectivity index (χ0n) is 10.3. The molecule has 1 N–H and O–H groups in total. The Morgan fingerprint density at radius 2 is 2.39 bits per heavy atom. The summed E-state index contributed by atoms with van der Waals surface area (Å²) in [7, 11) is 1.65. The summed E-state index contributed by atoms with van der Waals surface area (Å²) in [4.78, 5) is 11.2. The largest absolute Gasteiger partial charge is 0.395 e. The maximum Gasteiger partial charge on any atom is 0.169 e. The normalized spacial score (nSPS) is 21.2. The van der Waals surface area contributed by atoms with Crippen LogP contribution in [0.1, 0.15) is 29.8 Å². The number of aromatic nitrogens is 1. The highest BCUT2D eigenvalue weighted by atomic mass is 32.2. The van der Waals surface area contributed by atoms with Crippen LogP contribution in [0.15, 0.2) is 11.1 Å². The van der Waals surface area contributed by atoms with Crippen LogP contribution in [-0.4, -0.2) is 39.5 Å². The molecule has 100 valence electrons. The van der Waals surface area contributed by atoms with E-state index in [0.717, 1.165) is 25.8 Å². The van der Waals surface area contributed by atoms with Crippen molar-refractivity contribution in [3.8, 4) is 0 Å². The lowest BCUT2D eigenvalue weighted by molar-refractivity contribution is 0.111. The van der Waals surface area contributed by atoms with Gasteiger partial charge in [0.1, 0.15) is 5.69 Å². The quantitative estimate of drug-likeness (QED) is 0.671. The number of carbonyl (C=O) groups excluding carboxylic acids is 1. The second-order valence-corrected chi connectivity index (χ2v) is 5.58. The van der Waals surface area contributed by atoms with Crippen molar-refractivity contribution in [1.82, 2.24) is 8.87 Å². The van der Waals surface area contributed by atoms with Gasteiger partial charge in [0.25, 0.3) is 0 Å². The first-order chi connectivity index (χ1) is 8.67. The molecule has 1 saturated heterocycles. The zero-order valence-corrected chi connectivity index (χ0v) is 11.1. The first-order valence-corrected chi connectivity index (χ1v) is 6.80. The topological polar surface area (TPSA) is 45.5 Å². The lowest BCUT2D eigenvalue weighted by Crippen LogP contribution is -2.36. The van der Waals surface area contributed by atoms with Crippen molar-refractivity contribution in [3.05, 3.63) is 17.7 Å². The third-order valence-corrected chi connectivity index (χ3v) is 4.44. The molecule has 2 heterocycles. The minimum absolute atomic E-state index is 0.0649. The summed E-state index contributed by atoms with van der Waals surface area (Å²) in [5.74, 6) is -0.472. The molecule has 4 nitrogen and oxygen atoms in total. The van der Waals surface area contributed by atoms with Gasteiger partial charge in [0.05, 0.1) is 11.5 Å². The van der Waals surface area contributed by atoms with E-state index in [-0.39, 0.29) is 18.3 Å². The molecule has 0 radical (unpaired) electrons. The molecular weight excluding hydrogens is 255 g/mol. The van der Waals surface area contributed by atoms with E-state index in [2.05, 4.69) is 0 Å². The van der Waals surface area contributed by atoms with Crippen molar-refractivity contribution < 1.29 is 14.3 Å². The first-order valence-electron chi connectivity index (χ1n) is 6.02. The van der Waals surface area contributed by atoms with Gasteiger partial charge in [-0.15, -0.1) is 0 Å². The van der Waals surface area contributed by atoms with Gasteiger partial charge in [-0.25, -0.2) is 8.70 Å². The Morgan fingerprint density at radius 1 is 1.61 bits per heavy atom. The zero-order chi connectivity index (χ0) is 13.1. The smallest absolute Gasteiger partial charge is 0.169 e. The molecule has 1 unspecified atom stereocenters. The molecule has 1 fully saturated rings. The summed E-state index contributed by atoms with van der Waals surface area (Å²) in [5.41, 5.74) is 0.0649. The van der Waals surface area contributed by atoms with Crippen LogP contribution < -0.4 is 0 Å². The molecule has 0 aliphatic carbocycles. The first kappa shape index (κ1) is 13.6. The predicted octanol–water partition coefficient (Wildman–Crippen LogP) is 1.83. The number of piperidine rings is 1. The fourth-order valence-corrected chi connectivity index (χ4v) is 3.37. The monoisotopic (exact) mass is 272 g/mol. The van der Waals surface area contributed by atoms with Crippen molar-refractivity contribution >= 4 is 18.2 Å². The second kappa shape index (κ2) is 5.86. The van der Waals surface area contributed by atoms with Crippen LogP contribution in [0.25, 0.3) is 0 Å². The van der Waals surface area contributed by atoms with Crippen molar-refractivity contribution in [1.29, 1.82) is 0 Å². The second-order valence-electron chi connectivity index (χ2n) is 4.49. The Bertz CT molecular complexity index is 436. The van der Waals surface area contributed by atoms with Gasteiger partial charge in [-0.2, -0.15) is 0 Å². The van der Waals surface area contributed by atoms with Crippen molar-refractivity contribution in [2.75, 3.05) is 13.2 Å². The standard InChI is InChI=1S/C12H17FN2O2S/c1-14-6-11(12(13)10(14)8-17)18-15-5-3-2-4-9(15)7-16/h6,8-9,16H,2-5,7H2,1H3. The summed E-state index contributed by atoms with van der Waals surface area (Å²) in [5, 5.41) is 9.30. The number of hydrogen-bond donors (Lipinski definition) is 1. The number of aldehydes is 1. The van der Waals surface area contributed by atoms with E-state index in [4.69, 9.17) is 0 Å². The van der Waals surface area contributed by atoms with Gasteiger partial charge in [0.2, 0.25) is 0 Å². The third-order valence-electron chi connectivity index (χ3n) is 3.24. The van der Waals surface area contributed by atoms with Crippen LogP contribution in [0.5, 0.6) is 0 Å². The van der Waals surface area contributed by atoms with Gasteiger partial charge >= 0.3 is 0 Å². The number of rotatable bonds is 4. The van der Waals surface area contributed by atoms with Gasteiger partial charge in [-0.3, -0.25) is 4.79 Å². The highest BCUT2D eigenvalue weighted by molar-refractivity contribution is 7.97. The number of aryl methyl sites for hydroxylation is 1.